The Bertz CT molecular complexity index is 698. The summed E-state index contributed by atoms with van der Waals surface area (Å²) >= 11 is 0. The second kappa shape index (κ2) is 6.04. The standard InChI is InChI=1S/C15H15N3O3/c1-10-5-3-4-6-12(10)17-15(19)11-7-8-14(18(20)21)13(9-11)16-2/h3-9,16H,1-2H3,(H,17,19). The van der Waals surface area contributed by atoms with Crippen LogP contribution >= 0.6 is 0 Å². The number of hydrogen-bond acceptors (Lipinski definition) is 4. The Hall–Kier alpha value is -2.89. The van der Waals surface area contributed by atoms with E-state index < -0.39 is 4.92 Å². The summed E-state index contributed by atoms with van der Waals surface area (Å²) in [6.45, 7) is 1.89. The maximum atomic E-state index is 12.2. The van der Waals surface area contributed by atoms with Crippen LogP contribution in [-0.4, -0.2) is 17.9 Å². The number of aryl methyl sites for hydroxylation is 1. The first-order valence-electron chi connectivity index (χ1n) is 6.36. The smallest absolute Gasteiger partial charge is 0.292 e. The summed E-state index contributed by atoms with van der Waals surface area (Å²) < 4.78 is 0. The number of para-hydroxylation sites is 1. The van der Waals surface area contributed by atoms with Crippen LogP contribution in [-0.2, 0) is 0 Å². The topological polar surface area (TPSA) is 84.3 Å². The molecule has 0 bridgehead atoms. The van der Waals surface area contributed by atoms with Gasteiger partial charge in [0.2, 0.25) is 0 Å². The lowest BCUT2D eigenvalue weighted by atomic mass is 10.1. The van der Waals surface area contributed by atoms with Crippen LogP contribution in [0, 0.1) is 17.0 Å². The fourth-order valence-corrected chi connectivity index (χ4v) is 1.94. The molecule has 0 aliphatic rings. The summed E-state index contributed by atoms with van der Waals surface area (Å²) in [5.41, 5.74) is 2.25. The molecule has 0 radical (unpaired) electrons. The normalized spacial score (nSPS) is 10.0. The van der Waals surface area contributed by atoms with E-state index in [-0.39, 0.29) is 11.6 Å². The van der Waals surface area contributed by atoms with Gasteiger partial charge in [0, 0.05) is 24.4 Å². The lowest BCUT2D eigenvalue weighted by Gasteiger charge is -2.09. The average Bonchev–Trinajstić information content (AvgIpc) is 2.48. The van der Waals surface area contributed by atoms with E-state index in [4.69, 9.17) is 0 Å². The molecule has 108 valence electrons. The third-order valence-corrected chi connectivity index (χ3v) is 3.12. The van der Waals surface area contributed by atoms with Gasteiger partial charge in [0.1, 0.15) is 5.69 Å². The number of nitrogens with one attached hydrogen (secondary N) is 2. The Kier molecular flexibility index (Phi) is 4.18. The van der Waals surface area contributed by atoms with Crippen molar-refractivity contribution in [1.82, 2.24) is 0 Å². The van der Waals surface area contributed by atoms with Crippen LogP contribution < -0.4 is 10.6 Å². The Labute approximate surface area is 121 Å². The van der Waals surface area contributed by atoms with E-state index in [2.05, 4.69) is 10.6 Å². The Balaban J connectivity index is 2.28. The van der Waals surface area contributed by atoms with Crippen LogP contribution in [0.2, 0.25) is 0 Å². The van der Waals surface area contributed by atoms with Crippen molar-refractivity contribution in [2.75, 3.05) is 17.7 Å². The fourth-order valence-electron chi connectivity index (χ4n) is 1.94. The predicted octanol–water partition coefficient (Wildman–Crippen LogP) is 3.20. The molecule has 0 aromatic heterocycles. The van der Waals surface area contributed by atoms with Crippen LogP contribution in [0.5, 0.6) is 0 Å². The second-order valence-corrected chi connectivity index (χ2v) is 4.51. The number of nitro groups is 1. The number of carbonyl (C=O) groups excluding carboxylic acids is 1. The van der Waals surface area contributed by atoms with E-state index in [0.29, 0.717) is 16.9 Å². The molecular formula is C15H15N3O3. The highest BCUT2D eigenvalue weighted by atomic mass is 16.6. The third kappa shape index (κ3) is 3.17. The van der Waals surface area contributed by atoms with Gasteiger partial charge >= 0.3 is 0 Å². The van der Waals surface area contributed by atoms with E-state index in [1.54, 1.807) is 13.1 Å². The number of hydrogen-bond donors (Lipinski definition) is 2. The zero-order valence-corrected chi connectivity index (χ0v) is 11.7. The van der Waals surface area contributed by atoms with E-state index in [1.165, 1.54) is 18.2 Å². The summed E-state index contributed by atoms with van der Waals surface area (Å²) in [5, 5.41) is 16.4. The van der Waals surface area contributed by atoms with E-state index in [9.17, 15) is 14.9 Å². The van der Waals surface area contributed by atoms with E-state index >= 15 is 0 Å². The molecule has 0 atom stereocenters. The molecule has 0 saturated carbocycles. The number of benzene rings is 2. The fraction of sp³-hybridized carbons (Fsp3) is 0.133. The highest BCUT2D eigenvalue weighted by Gasteiger charge is 2.16. The van der Waals surface area contributed by atoms with Gasteiger partial charge in [-0.2, -0.15) is 0 Å². The number of nitro benzene ring substituents is 1. The van der Waals surface area contributed by atoms with Gasteiger partial charge in [0.25, 0.3) is 11.6 Å². The van der Waals surface area contributed by atoms with Gasteiger partial charge in [0.05, 0.1) is 4.92 Å². The van der Waals surface area contributed by atoms with Gasteiger partial charge in [-0.05, 0) is 30.7 Å². The minimum absolute atomic E-state index is 0.0649. The number of amides is 1. The summed E-state index contributed by atoms with van der Waals surface area (Å²) in [4.78, 5) is 22.6. The average molecular weight is 285 g/mol. The highest BCUT2D eigenvalue weighted by molar-refractivity contribution is 6.05. The quantitative estimate of drug-likeness (QED) is 0.667. The summed E-state index contributed by atoms with van der Waals surface area (Å²) in [7, 11) is 1.57. The van der Waals surface area contributed by atoms with Gasteiger partial charge in [0.15, 0.2) is 0 Å². The van der Waals surface area contributed by atoms with Crippen molar-refractivity contribution < 1.29 is 9.72 Å². The van der Waals surface area contributed by atoms with Gasteiger partial charge in [-0.3, -0.25) is 14.9 Å². The number of rotatable bonds is 4. The zero-order valence-electron chi connectivity index (χ0n) is 11.7. The second-order valence-electron chi connectivity index (χ2n) is 4.51. The van der Waals surface area contributed by atoms with Gasteiger partial charge in [-0.25, -0.2) is 0 Å². The van der Waals surface area contributed by atoms with Crippen molar-refractivity contribution in [3.8, 4) is 0 Å². The summed E-state index contributed by atoms with van der Waals surface area (Å²) in [6.07, 6.45) is 0. The lowest BCUT2D eigenvalue weighted by Crippen LogP contribution is -2.13. The first-order valence-corrected chi connectivity index (χ1v) is 6.36. The molecule has 6 nitrogen and oxygen atoms in total. The molecule has 2 aromatic carbocycles. The van der Waals surface area contributed by atoms with Crippen molar-refractivity contribution in [3.63, 3.8) is 0 Å². The largest absolute Gasteiger partial charge is 0.383 e. The summed E-state index contributed by atoms with van der Waals surface area (Å²) in [5.74, 6) is -0.310. The molecule has 0 spiro atoms. The summed E-state index contributed by atoms with van der Waals surface area (Å²) in [6, 6.07) is 11.6. The molecule has 1 amide bonds. The molecule has 0 unspecified atom stereocenters. The molecule has 0 aliphatic carbocycles. The molecule has 0 fully saturated rings. The molecule has 2 aromatic rings. The van der Waals surface area contributed by atoms with Crippen molar-refractivity contribution in [2.45, 2.75) is 6.92 Å². The number of carbonyl (C=O) groups is 1. The lowest BCUT2D eigenvalue weighted by molar-refractivity contribution is -0.383. The Morgan fingerprint density at radius 2 is 1.86 bits per heavy atom. The number of anilines is 2. The van der Waals surface area contributed by atoms with Gasteiger partial charge in [-0.15, -0.1) is 0 Å². The molecule has 2 N–H and O–H groups in total. The molecule has 21 heavy (non-hydrogen) atoms. The monoisotopic (exact) mass is 285 g/mol. The molecular weight excluding hydrogens is 270 g/mol. The Morgan fingerprint density at radius 1 is 1.14 bits per heavy atom. The van der Waals surface area contributed by atoms with Crippen LogP contribution in [0.25, 0.3) is 0 Å². The van der Waals surface area contributed by atoms with Crippen LogP contribution in [0.3, 0.4) is 0 Å². The first kappa shape index (κ1) is 14.5. The molecule has 6 heteroatoms. The molecule has 0 saturated heterocycles. The predicted molar refractivity (Wildman–Crippen MR) is 81.8 cm³/mol. The minimum atomic E-state index is -0.491. The van der Waals surface area contributed by atoms with Crippen molar-refractivity contribution in [3.05, 3.63) is 63.7 Å². The van der Waals surface area contributed by atoms with Crippen LogP contribution in [0.4, 0.5) is 17.1 Å². The third-order valence-electron chi connectivity index (χ3n) is 3.12. The minimum Gasteiger partial charge on any atom is -0.383 e. The molecule has 0 aliphatic heterocycles. The Morgan fingerprint density at radius 3 is 2.48 bits per heavy atom. The van der Waals surface area contributed by atoms with Gasteiger partial charge in [-0.1, -0.05) is 18.2 Å². The van der Waals surface area contributed by atoms with Crippen LogP contribution in [0.15, 0.2) is 42.5 Å². The van der Waals surface area contributed by atoms with Crippen molar-refractivity contribution >= 4 is 23.0 Å². The maximum Gasteiger partial charge on any atom is 0.292 e. The van der Waals surface area contributed by atoms with Crippen LogP contribution in [0.1, 0.15) is 15.9 Å². The van der Waals surface area contributed by atoms with Gasteiger partial charge < -0.3 is 10.6 Å². The highest BCUT2D eigenvalue weighted by Crippen LogP contribution is 2.25. The van der Waals surface area contributed by atoms with Crippen molar-refractivity contribution in [1.29, 1.82) is 0 Å². The zero-order chi connectivity index (χ0) is 15.4. The first-order chi connectivity index (χ1) is 10.0. The maximum absolute atomic E-state index is 12.2. The number of nitrogens with zero attached hydrogens (tertiary/aromatic N) is 1. The van der Waals surface area contributed by atoms with E-state index in [1.807, 2.05) is 25.1 Å². The SMILES string of the molecule is CNc1cc(C(=O)Nc2ccccc2C)ccc1[N+](=O)[O-]. The molecule has 2 rings (SSSR count). The molecule has 0 heterocycles. The van der Waals surface area contributed by atoms with E-state index in [0.717, 1.165) is 5.56 Å². The van der Waals surface area contributed by atoms with Crippen molar-refractivity contribution in [2.24, 2.45) is 0 Å².